The van der Waals surface area contributed by atoms with E-state index in [-0.39, 0.29) is 0 Å². The van der Waals surface area contributed by atoms with Crippen LogP contribution in [0.4, 0.5) is 0 Å². The highest BCUT2D eigenvalue weighted by atomic mass is 14.7. The third-order valence-corrected chi connectivity index (χ3v) is 5.67. The van der Waals surface area contributed by atoms with Crippen molar-refractivity contribution in [1.82, 2.24) is 4.98 Å². The molecule has 1 fully saturated rings. The molecule has 2 aromatic carbocycles. The van der Waals surface area contributed by atoms with Gasteiger partial charge in [0.2, 0.25) is 0 Å². The fourth-order valence-electron chi connectivity index (χ4n) is 4.66. The van der Waals surface area contributed by atoms with Crippen molar-refractivity contribution in [3.05, 3.63) is 64.7 Å². The van der Waals surface area contributed by atoms with Crippen LogP contribution in [0, 0.1) is 19.8 Å². The van der Waals surface area contributed by atoms with E-state index >= 15 is 0 Å². The zero-order valence-corrected chi connectivity index (χ0v) is 13.8. The Hall–Kier alpha value is -2.15. The van der Waals surface area contributed by atoms with E-state index in [1.807, 2.05) is 0 Å². The number of fused-ring (bicyclic) bond motifs is 1. The molecule has 0 saturated heterocycles. The summed E-state index contributed by atoms with van der Waals surface area (Å²) >= 11 is 0. The smallest absolute Gasteiger partial charge is 0.0712 e. The van der Waals surface area contributed by atoms with Crippen molar-refractivity contribution in [2.45, 2.75) is 39.0 Å². The first-order valence-corrected chi connectivity index (χ1v) is 8.68. The van der Waals surface area contributed by atoms with Gasteiger partial charge in [0.15, 0.2) is 0 Å². The fourth-order valence-corrected chi connectivity index (χ4v) is 4.66. The predicted molar refractivity (Wildman–Crippen MR) is 95.8 cm³/mol. The molecule has 0 unspecified atom stereocenters. The number of aryl methyl sites for hydroxylation is 2. The maximum atomic E-state index is 4.99. The number of aromatic nitrogens is 1. The lowest BCUT2D eigenvalue weighted by Crippen LogP contribution is -2.30. The standard InChI is InChI=1S/C22H21N/c1-13-7-14(2)9-17(8-13)20-6-4-19-21(23-20)5-3-16-10-15-11-18(12-15)22(16)19/h3-9,15,18H,10-12H2,1-2H3. The zero-order chi connectivity index (χ0) is 15.6. The number of hydrogen-bond acceptors (Lipinski definition) is 1. The van der Waals surface area contributed by atoms with Crippen LogP contribution in [-0.2, 0) is 6.42 Å². The normalized spacial score (nSPS) is 21.8. The van der Waals surface area contributed by atoms with E-state index in [1.54, 1.807) is 11.1 Å². The van der Waals surface area contributed by atoms with Crippen molar-refractivity contribution in [3.63, 3.8) is 0 Å². The van der Waals surface area contributed by atoms with Crippen LogP contribution in [0.5, 0.6) is 0 Å². The third-order valence-electron chi connectivity index (χ3n) is 5.67. The summed E-state index contributed by atoms with van der Waals surface area (Å²) in [6, 6.07) is 15.8. The molecule has 1 heterocycles. The van der Waals surface area contributed by atoms with Crippen molar-refractivity contribution in [2.24, 2.45) is 5.92 Å². The fraction of sp³-hybridized carbons (Fsp3) is 0.318. The van der Waals surface area contributed by atoms with Crippen LogP contribution >= 0.6 is 0 Å². The first-order valence-electron chi connectivity index (χ1n) is 8.68. The second-order valence-corrected chi connectivity index (χ2v) is 7.52. The van der Waals surface area contributed by atoms with Gasteiger partial charge in [0.1, 0.15) is 0 Å². The quantitative estimate of drug-likeness (QED) is 0.572. The molecule has 6 rings (SSSR count). The maximum absolute atomic E-state index is 4.99. The molecule has 0 radical (unpaired) electrons. The lowest BCUT2D eigenvalue weighted by atomic mass is 9.62. The van der Waals surface area contributed by atoms with Crippen LogP contribution in [0.15, 0.2) is 42.5 Å². The minimum Gasteiger partial charge on any atom is -0.248 e. The van der Waals surface area contributed by atoms with Crippen LogP contribution in [0.1, 0.15) is 41.0 Å². The van der Waals surface area contributed by atoms with Gasteiger partial charge < -0.3 is 0 Å². The van der Waals surface area contributed by atoms with E-state index < -0.39 is 0 Å². The van der Waals surface area contributed by atoms with Gasteiger partial charge in [-0.15, -0.1) is 0 Å². The van der Waals surface area contributed by atoms with Crippen molar-refractivity contribution in [3.8, 4) is 11.3 Å². The highest BCUT2D eigenvalue weighted by Gasteiger charge is 2.37. The molecular weight excluding hydrogens is 278 g/mol. The van der Waals surface area contributed by atoms with Crippen LogP contribution in [-0.4, -0.2) is 4.98 Å². The summed E-state index contributed by atoms with van der Waals surface area (Å²) in [6.07, 6.45) is 4.07. The molecule has 3 aliphatic rings. The molecule has 23 heavy (non-hydrogen) atoms. The number of nitrogens with zero attached hydrogens (tertiary/aromatic N) is 1. The van der Waals surface area contributed by atoms with Gasteiger partial charge in [0.25, 0.3) is 0 Å². The van der Waals surface area contributed by atoms with Crippen molar-refractivity contribution < 1.29 is 0 Å². The Bertz CT molecular complexity index is 912. The Balaban J connectivity index is 1.68. The molecule has 0 atom stereocenters. The molecule has 0 aliphatic heterocycles. The number of benzene rings is 2. The monoisotopic (exact) mass is 299 g/mol. The molecule has 0 N–H and O–H groups in total. The van der Waals surface area contributed by atoms with E-state index in [1.165, 1.54) is 41.3 Å². The van der Waals surface area contributed by atoms with Gasteiger partial charge in [-0.3, -0.25) is 0 Å². The van der Waals surface area contributed by atoms with E-state index in [4.69, 9.17) is 4.98 Å². The summed E-state index contributed by atoms with van der Waals surface area (Å²) in [4.78, 5) is 4.99. The first-order chi connectivity index (χ1) is 11.2. The summed E-state index contributed by atoms with van der Waals surface area (Å²) in [6.45, 7) is 4.31. The second-order valence-electron chi connectivity index (χ2n) is 7.52. The van der Waals surface area contributed by atoms with Crippen LogP contribution in [0.3, 0.4) is 0 Å². The van der Waals surface area contributed by atoms with E-state index in [9.17, 15) is 0 Å². The van der Waals surface area contributed by atoms with Gasteiger partial charge in [-0.25, -0.2) is 4.98 Å². The molecular formula is C22H21N. The molecule has 0 spiro atoms. The van der Waals surface area contributed by atoms with Crippen LogP contribution in [0.25, 0.3) is 22.2 Å². The summed E-state index contributed by atoms with van der Waals surface area (Å²) < 4.78 is 0. The lowest BCUT2D eigenvalue weighted by molar-refractivity contribution is 0.239. The number of pyridine rings is 1. The van der Waals surface area contributed by atoms with Gasteiger partial charge >= 0.3 is 0 Å². The summed E-state index contributed by atoms with van der Waals surface area (Å²) in [7, 11) is 0. The van der Waals surface area contributed by atoms with Crippen LogP contribution in [0.2, 0.25) is 0 Å². The summed E-state index contributed by atoms with van der Waals surface area (Å²) in [5, 5.41) is 1.39. The number of rotatable bonds is 1. The molecule has 0 amide bonds. The summed E-state index contributed by atoms with van der Waals surface area (Å²) in [5.74, 6) is 1.74. The molecule has 2 bridgehead atoms. The van der Waals surface area contributed by atoms with E-state index in [0.29, 0.717) is 0 Å². The van der Waals surface area contributed by atoms with Crippen molar-refractivity contribution in [2.75, 3.05) is 0 Å². The largest absolute Gasteiger partial charge is 0.248 e. The van der Waals surface area contributed by atoms with Crippen LogP contribution < -0.4 is 0 Å². The SMILES string of the molecule is Cc1cc(C)cc(-c2ccc3c4c(ccc3n2)CC2CC4C2)c1. The second kappa shape index (κ2) is 4.67. The molecule has 1 heteroatoms. The van der Waals surface area contributed by atoms with Crippen molar-refractivity contribution in [1.29, 1.82) is 0 Å². The van der Waals surface area contributed by atoms with E-state index in [2.05, 4.69) is 56.3 Å². The first kappa shape index (κ1) is 13.3. The Labute approximate surface area is 137 Å². The molecule has 3 aliphatic carbocycles. The van der Waals surface area contributed by atoms with Gasteiger partial charge in [0, 0.05) is 10.9 Å². The Morgan fingerprint density at radius 1 is 0.913 bits per heavy atom. The minimum absolute atomic E-state index is 0.793. The highest BCUT2D eigenvalue weighted by Crippen LogP contribution is 2.51. The van der Waals surface area contributed by atoms with Gasteiger partial charge in [-0.2, -0.15) is 0 Å². The van der Waals surface area contributed by atoms with Crippen molar-refractivity contribution >= 4 is 10.9 Å². The Morgan fingerprint density at radius 2 is 1.70 bits per heavy atom. The molecule has 3 aromatic rings. The average Bonchev–Trinajstić information content (AvgIpc) is 2.52. The average molecular weight is 299 g/mol. The van der Waals surface area contributed by atoms with Gasteiger partial charge in [-0.1, -0.05) is 29.3 Å². The topological polar surface area (TPSA) is 12.9 Å². The lowest BCUT2D eigenvalue weighted by Gasteiger charge is -2.43. The van der Waals surface area contributed by atoms with E-state index in [0.717, 1.165) is 23.0 Å². The Morgan fingerprint density at radius 3 is 2.48 bits per heavy atom. The third kappa shape index (κ3) is 2.03. The predicted octanol–water partition coefficient (Wildman–Crippen LogP) is 5.57. The minimum atomic E-state index is 0.793. The van der Waals surface area contributed by atoms with Gasteiger partial charge in [-0.05, 0) is 80.3 Å². The molecule has 1 aromatic heterocycles. The Kier molecular flexibility index (Phi) is 2.70. The highest BCUT2D eigenvalue weighted by molar-refractivity contribution is 5.87. The number of hydrogen-bond donors (Lipinski definition) is 0. The maximum Gasteiger partial charge on any atom is 0.0712 e. The van der Waals surface area contributed by atoms with Gasteiger partial charge in [0.05, 0.1) is 11.2 Å². The molecule has 1 nitrogen and oxygen atoms in total. The molecule has 1 saturated carbocycles. The molecule has 114 valence electrons. The zero-order valence-electron chi connectivity index (χ0n) is 13.8. The summed E-state index contributed by atoms with van der Waals surface area (Å²) in [5.41, 5.74) is 9.25.